The summed E-state index contributed by atoms with van der Waals surface area (Å²) in [5.41, 5.74) is 0.889. The molecular formula is C23H32ClN3O2. The lowest BCUT2D eigenvalue weighted by atomic mass is 9.99. The zero-order valence-corrected chi connectivity index (χ0v) is 18.5. The van der Waals surface area contributed by atoms with Crippen molar-refractivity contribution in [3.8, 4) is 11.8 Å². The molecule has 0 heterocycles. The van der Waals surface area contributed by atoms with Gasteiger partial charge in [0.1, 0.15) is 5.75 Å². The van der Waals surface area contributed by atoms with Crippen LogP contribution in [-0.2, 0) is 0 Å². The fraction of sp³-hybridized carbons (Fsp3) is 0.478. The summed E-state index contributed by atoms with van der Waals surface area (Å²) in [6.07, 6.45) is 4.67. The van der Waals surface area contributed by atoms with Gasteiger partial charge in [0, 0.05) is 23.9 Å². The maximum absolute atomic E-state index is 12.8. The van der Waals surface area contributed by atoms with Gasteiger partial charge in [-0.05, 0) is 32.0 Å². The van der Waals surface area contributed by atoms with Gasteiger partial charge in [0.15, 0.2) is 0 Å². The van der Waals surface area contributed by atoms with Gasteiger partial charge in [0.05, 0.1) is 24.3 Å². The number of hydrogen-bond donors (Lipinski definition) is 1. The molecule has 0 bridgehead atoms. The van der Waals surface area contributed by atoms with E-state index in [1.54, 1.807) is 13.2 Å². The van der Waals surface area contributed by atoms with Crippen molar-refractivity contribution in [2.45, 2.75) is 39.5 Å². The highest BCUT2D eigenvalue weighted by Gasteiger charge is 2.18. The van der Waals surface area contributed by atoms with E-state index in [1.165, 1.54) is 25.7 Å². The van der Waals surface area contributed by atoms with Crippen LogP contribution < -0.4 is 10.1 Å². The normalized spacial score (nSPS) is 10.4. The van der Waals surface area contributed by atoms with Crippen LogP contribution in [0.1, 0.15) is 55.5 Å². The molecule has 29 heavy (non-hydrogen) atoms. The van der Waals surface area contributed by atoms with E-state index in [-0.39, 0.29) is 18.3 Å². The van der Waals surface area contributed by atoms with Gasteiger partial charge < -0.3 is 15.0 Å². The first-order valence-corrected chi connectivity index (χ1v) is 10.2. The fourth-order valence-corrected chi connectivity index (χ4v) is 3.35. The Labute approximate surface area is 180 Å². The number of rotatable bonds is 11. The zero-order valence-electron chi connectivity index (χ0n) is 17.7. The van der Waals surface area contributed by atoms with Gasteiger partial charge in [-0.25, -0.2) is 0 Å². The van der Waals surface area contributed by atoms with Gasteiger partial charge >= 0.3 is 0 Å². The summed E-state index contributed by atoms with van der Waals surface area (Å²) >= 11 is 0. The summed E-state index contributed by atoms with van der Waals surface area (Å²) in [5.74, 6) is 0.311. The predicted octanol–water partition coefficient (Wildman–Crippen LogP) is 4.77. The minimum absolute atomic E-state index is 0. The molecule has 2 aromatic carbocycles. The molecule has 0 atom stereocenters. The number of benzene rings is 2. The molecule has 1 N–H and O–H groups in total. The second-order valence-electron chi connectivity index (χ2n) is 6.97. The minimum Gasteiger partial charge on any atom is -0.495 e. The number of ether oxygens (including phenoxy) is 1. The Kier molecular flexibility index (Phi) is 11.1. The molecule has 5 nitrogen and oxygen atoms in total. The van der Waals surface area contributed by atoms with E-state index in [0.717, 1.165) is 30.4 Å². The molecule has 0 radical (unpaired) electrons. The molecule has 0 fully saturated rings. The Morgan fingerprint density at radius 3 is 2.28 bits per heavy atom. The summed E-state index contributed by atoms with van der Waals surface area (Å²) in [7, 11) is 1.56. The van der Waals surface area contributed by atoms with Gasteiger partial charge in [-0.2, -0.15) is 5.26 Å². The van der Waals surface area contributed by atoms with Crippen LogP contribution in [0.25, 0.3) is 10.8 Å². The molecule has 0 unspecified atom stereocenters. The number of hydrogen-bond acceptors (Lipinski definition) is 4. The molecule has 0 saturated heterocycles. The van der Waals surface area contributed by atoms with Crippen molar-refractivity contribution in [2.75, 3.05) is 33.3 Å². The van der Waals surface area contributed by atoms with Gasteiger partial charge in [-0.3, -0.25) is 4.79 Å². The Morgan fingerprint density at radius 2 is 1.72 bits per heavy atom. The van der Waals surface area contributed by atoms with Crippen LogP contribution >= 0.6 is 12.4 Å². The first-order chi connectivity index (χ1) is 13.7. The molecule has 0 spiro atoms. The summed E-state index contributed by atoms with van der Waals surface area (Å²) in [6.45, 7) is 7.91. The number of carbonyl (C=O) groups is 1. The molecular weight excluding hydrogens is 386 g/mol. The molecule has 2 rings (SSSR count). The van der Waals surface area contributed by atoms with Gasteiger partial charge in [0.25, 0.3) is 5.91 Å². The second-order valence-corrected chi connectivity index (χ2v) is 6.97. The van der Waals surface area contributed by atoms with Gasteiger partial charge in [-0.1, -0.05) is 51.0 Å². The Balaban J connectivity index is 0.00000420. The number of unbranched alkanes of at least 4 members (excludes halogenated alkanes) is 2. The van der Waals surface area contributed by atoms with Crippen LogP contribution in [0.15, 0.2) is 30.3 Å². The number of nitriles is 1. The summed E-state index contributed by atoms with van der Waals surface area (Å²) in [5, 5.41) is 14.1. The van der Waals surface area contributed by atoms with Crippen molar-refractivity contribution in [1.82, 2.24) is 10.2 Å². The van der Waals surface area contributed by atoms with Gasteiger partial charge in [0.2, 0.25) is 0 Å². The van der Waals surface area contributed by atoms with E-state index in [4.69, 9.17) is 4.74 Å². The van der Waals surface area contributed by atoms with E-state index in [1.807, 2.05) is 24.3 Å². The molecule has 0 aliphatic carbocycles. The van der Waals surface area contributed by atoms with Crippen LogP contribution in [0.3, 0.4) is 0 Å². The Hall–Kier alpha value is -2.29. The van der Waals surface area contributed by atoms with Crippen LogP contribution in [-0.4, -0.2) is 44.1 Å². The lowest BCUT2D eigenvalue weighted by molar-refractivity contribution is 0.0945. The van der Waals surface area contributed by atoms with Crippen molar-refractivity contribution >= 4 is 29.1 Å². The maximum Gasteiger partial charge on any atom is 0.255 e. The SMILES string of the molecule is CCCCN(CCCC)CCNC(=O)c1cc(C#N)c2ccccc2c1OC.Cl. The highest BCUT2D eigenvalue weighted by molar-refractivity contribution is 6.05. The molecule has 6 heteroatoms. The monoisotopic (exact) mass is 417 g/mol. The molecule has 158 valence electrons. The highest BCUT2D eigenvalue weighted by atomic mass is 35.5. The van der Waals surface area contributed by atoms with Crippen LogP contribution in [0, 0.1) is 11.3 Å². The van der Waals surface area contributed by atoms with Gasteiger partial charge in [-0.15, -0.1) is 12.4 Å². The third-order valence-corrected chi connectivity index (χ3v) is 4.93. The molecule has 2 aromatic rings. The van der Waals surface area contributed by atoms with Crippen LogP contribution in [0.5, 0.6) is 5.75 Å². The summed E-state index contributed by atoms with van der Waals surface area (Å²) < 4.78 is 5.53. The Morgan fingerprint density at radius 1 is 1.10 bits per heavy atom. The largest absolute Gasteiger partial charge is 0.495 e. The predicted molar refractivity (Wildman–Crippen MR) is 121 cm³/mol. The number of methoxy groups -OCH3 is 1. The van der Waals surface area contributed by atoms with E-state index < -0.39 is 0 Å². The summed E-state index contributed by atoms with van der Waals surface area (Å²) in [6, 6.07) is 11.3. The van der Waals surface area contributed by atoms with Crippen molar-refractivity contribution in [3.63, 3.8) is 0 Å². The van der Waals surface area contributed by atoms with Crippen molar-refractivity contribution in [3.05, 3.63) is 41.5 Å². The average Bonchev–Trinajstić information content (AvgIpc) is 2.73. The molecule has 1 amide bonds. The minimum atomic E-state index is -0.204. The standard InChI is InChI=1S/C23H31N3O2.ClH/c1-4-6-13-26(14-7-5-2)15-12-25-23(27)21-16-18(17-24)19-10-8-9-11-20(19)22(21)28-3;/h8-11,16H,4-7,12-15H2,1-3H3,(H,25,27);1H. The van der Waals surface area contributed by atoms with Crippen molar-refractivity contribution in [2.24, 2.45) is 0 Å². The zero-order chi connectivity index (χ0) is 20.4. The van der Waals surface area contributed by atoms with E-state index in [9.17, 15) is 10.1 Å². The molecule has 0 aliphatic heterocycles. The number of halogens is 1. The third kappa shape index (κ3) is 6.62. The quantitative estimate of drug-likeness (QED) is 0.571. The van der Waals surface area contributed by atoms with Crippen molar-refractivity contribution in [1.29, 1.82) is 5.26 Å². The van der Waals surface area contributed by atoms with E-state index in [0.29, 0.717) is 23.4 Å². The second kappa shape index (κ2) is 13.0. The third-order valence-electron chi connectivity index (χ3n) is 4.93. The number of nitrogens with zero attached hydrogens (tertiary/aromatic N) is 2. The molecule has 0 aliphatic rings. The maximum atomic E-state index is 12.8. The van der Waals surface area contributed by atoms with Crippen LogP contribution in [0.2, 0.25) is 0 Å². The topological polar surface area (TPSA) is 65.4 Å². The smallest absolute Gasteiger partial charge is 0.255 e. The van der Waals surface area contributed by atoms with E-state index >= 15 is 0 Å². The van der Waals surface area contributed by atoms with Crippen molar-refractivity contribution < 1.29 is 9.53 Å². The lowest BCUT2D eigenvalue weighted by Gasteiger charge is -2.22. The number of nitrogens with one attached hydrogen (secondary N) is 1. The van der Waals surface area contributed by atoms with E-state index in [2.05, 4.69) is 30.1 Å². The average molecular weight is 418 g/mol. The first kappa shape index (κ1) is 24.7. The number of amides is 1. The fourth-order valence-electron chi connectivity index (χ4n) is 3.35. The first-order valence-electron chi connectivity index (χ1n) is 10.2. The number of fused-ring (bicyclic) bond motifs is 1. The Bertz CT molecular complexity index is 825. The number of carbonyl (C=O) groups excluding carboxylic acids is 1. The lowest BCUT2D eigenvalue weighted by Crippen LogP contribution is -2.36. The molecule has 0 saturated carbocycles. The van der Waals surface area contributed by atoms with Crippen LogP contribution in [0.4, 0.5) is 0 Å². The molecule has 0 aromatic heterocycles. The highest BCUT2D eigenvalue weighted by Crippen LogP contribution is 2.32. The summed E-state index contributed by atoms with van der Waals surface area (Å²) in [4.78, 5) is 15.2.